The first-order valence-corrected chi connectivity index (χ1v) is 7.34. The predicted octanol–water partition coefficient (Wildman–Crippen LogP) is 2.38. The Morgan fingerprint density at radius 3 is 2.90 bits per heavy atom. The van der Waals surface area contributed by atoms with Crippen LogP contribution < -0.4 is 14.8 Å². The number of carbonyl (C=O) groups is 1. The molecule has 1 N–H and O–H groups in total. The molecule has 1 aliphatic heterocycles. The zero-order valence-electron chi connectivity index (χ0n) is 11.6. The van der Waals surface area contributed by atoms with Crippen molar-refractivity contribution in [2.24, 2.45) is 0 Å². The van der Waals surface area contributed by atoms with Crippen molar-refractivity contribution in [2.75, 3.05) is 26.9 Å². The van der Waals surface area contributed by atoms with Gasteiger partial charge in [-0.2, -0.15) is 0 Å². The Labute approximate surface area is 126 Å². The molecule has 1 unspecified atom stereocenters. The second-order valence-corrected chi connectivity index (χ2v) is 5.37. The van der Waals surface area contributed by atoms with Crippen LogP contribution in [0.4, 0.5) is 0 Å². The van der Waals surface area contributed by atoms with Crippen molar-refractivity contribution in [1.29, 1.82) is 0 Å². The van der Waals surface area contributed by atoms with E-state index in [2.05, 4.69) is 21.2 Å². The maximum Gasteiger partial charge on any atom is 0.251 e. The van der Waals surface area contributed by atoms with Crippen molar-refractivity contribution in [3.05, 3.63) is 22.2 Å². The summed E-state index contributed by atoms with van der Waals surface area (Å²) in [5.74, 6) is 1.10. The van der Waals surface area contributed by atoms with Gasteiger partial charge in [0.1, 0.15) is 13.2 Å². The highest BCUT2D eigenvalue weighted by molar-refractivity contribution is 9.10. The maximum atomic E-state index is 12.2. The third-order valence-corrected chi connectivity index (χ3v) is 3.64. The van der Waals surface area contributed by atoms with Gasteiger partial charge < -0.3 is 19.5 Å². The number of fused-ring (bicyclic) bond motifs is 1. The quantitative estimate of drug-likeness (QED) is 0.891. The van der Waals surface area contributed by atoms with Gasteiger partial charge in [0.15, 0.2) is 11.5 Å². The minimum atomic E-state index is -0.147. The summed E-state index contributed by atoms with van der Waals surface area (Å²) < 4.78 is 16.8. The highest BCUT2D eigenvalue weighted by Gasteiger charge is 2.20. The second-order valence-electron chi connectivity index (χ2n) is 4.52. The number of rotatable bonds is 5. The Hall–Kier alpha value is -1.27. The van der Waals surface area contributed by atoms with Crippen molar-refractivity contribution in [3.63, 3.8) is 0 Å². The van der Waals surface area contributed by atoms with Gasteiger partial charge in [-0.1, -0.05) is 6.92 Å². The molecule has 1 atom stereocenters. The lowest BCUT2D eigenvalue weighted by Crippen LogP contribution is -2.37. The van der Waals surface area contributed by atoms with Gasteiger partial charge in [0.2, 0.25) is 0 Å². The fourth-order valence-electron chi connectivity index (χ4n) is 1.97. The molecule has 1 heterocycles. The van der Waals surface area contributed by atoms with Gasteiger partial charge in [-0.15, -0.1) is 0 Å². The van der Waals surface area contributed by atoms with Crippen molar-refractivity contribution in [3.8, 4) is 11.5 Å². The van der Waals surface area contributed by atoms with E-state index < -0.39 is 0 Å². The molecule has 1 amide bonds. The van der Waals surface area contributed by atoms with Gasteiger partial charge in [0.05, 0.1) is 17.1 Å². The Bertz CT molecular complexity index is 492. The number of methoxy groups -OCH3 is 1. The molecule has 20 heavy (non-hydrogen) atoms. The summed E-state index contributed by atoms with van der Waals surface area (Å²) in [6.45, 7) is 3.51. The van der Waals surface area contributed by atoms with Crippen LogP contribution in [-0.4, -0.2) is 38.9 Å². The summed E-state index contributed by atoms with van der Waals surface area (Å²) in [7, 11) is 1.62. The van der Waals surface area contributed by atoms with Crippen molar-refractivity contribution in [2.45, 2.75) is 19.4 Å². The monoisotopic (exact) mass is 343 g/mol. The lowest BCUT2D eigenvalue weighted by Gasteiger charge is -2.21. The van der Waals surface area contributed by atoms with E-state index in [4.69, 9.17) is 14.2 Å². The van der Waals surface area contributed by atoms with Crippen molar-refractivity contribution >= 4 is 21.8 Å². The second kappa shape index (κ2) is 6.95. The highest BCUT2D eigenvalue weighted by atomic mass is 79.9. The lowest BCUT2D eigenvalue weighted by atomic mass is 10.1. The van der Waals surface area contributed by atoms with E-state index in [0.29, 0.717) is 36.9 Å². The van der Waals surface area contributed by atoms with Crippen LogP contribution in [0.2, 0.25) is 0 Å². The molecule has 5 nitrogen and oxygen atoms in total. The average Bonchev–Trinajstić information content (AvgIpc) is 2.46. The fourth-order valence-corrected chi connectivity index (χ4v) is 2.53. The number of amides is 1. The molecule has 0 radical (unpaired) electrons. The molecule has 0 spiro atoms. The largest absolute Gasteiger partial charge is 0.486 e. The van der Waals surface area contributed by atoms with E-state index >= 15 is 0 Å². The third kappa shape index (κ3) is 3.43. The lowest BCUT2D eigenvalue weighted by molar-refractivity contribution is 0.0893. The summed E-state index contributed by atoms with van der Waals surface area (Å²) >= 11 is 3.41. The molecule has 0 bridgehead atoms. The van der Waals surface area contributed by atoms with Crippen molar-refractivity contribution < 1.29 is 19.0 Å². The molecule has 6 heteroatoms. The zero-order chi connectivity index (χ0) is 14.5. The molecule has 1 aromatic rings. The Morgan fingerprint density at radius 1 is 1.45 bits per heavy atom. The van der Waals surface area contributed by atoms with Crippen LogP contribution >= 0.6 is 15.9 Å². The van der Waals surface area contributed by atoms with E-state index in [-0.39, 0.29) is 11.9 Å². The number of hydrogen-bond acceptors (Lipinski definition) is 4. The molecule has 0 fully saturated rings. The standard InChI is InChI=1S/C14H18BrNO4/c1-3-10(8-18-2)16-14(17)9-6-11(15)13-12(7-9)19-4-5-20-13/h6-7,10H,3-5,8H2,1-2H3,(H,16,17). The molecule has 0 aromatic heterocycles. The van der Waals surface area contributed by atoms with Gasteiger partial charge >= 0.3 is 0 Å². The van der Waals surface area contributed by atoms with E-state index in [1.807, 2.05) is 6.92 Å². The summed E-state index contributed by atoms with van der Waals surface area (Å²) in [5, 5.41) is 2.94. The number of halogens is 1. The number of hydrogen-bond donors (Lipinski definition) is 1. The van der Waals surface area contributed by atoms with E-state index in [1.165, 1.54) is 0 Å². The van der Waals surface area contributed by atoms with Gasteiger partial charge in [-0.05, 0) is 34.5 Å². The first-order chi connectivity index (χ1) is 9.65. The zero-order valence-corrected chi connectivity index (χ0v) is 13.2. The molecule has 0 saturated heterocycles. The van der Waals surface area contributed by atoms with E-state index in [1.54, 1.807) is 19.2 Å². The molecule has 0 aliphatic carbocycles. The molecule has 0 saturated carbocycles. The summed E-state index contributed by atoms with van der Waals surface area (Å²) in [5.41, 5.74) is 0.538. The first-order valence-electron chi connectivity index (χ1n) is 6.54. The van der Waals surface area contributed by atoms with Gasteiger partial charge in [-0.3, -0.25) is 4.79 Å². The molecular weight excluding hydrogens is 326 g/mol. The van der Waals surface area contributed by atoms with Crippen LogP contribution in [0.5, 0.6) is 11.5 Å². The summed E-state index contributed by atoms with van der Waals surface area (Å²) in [6.07, 6.45) is 0.811. The molecule has 1 aliphatic rings. The molecular formula is C14H18BrNO4. The fraction of sp³-hybridized carbons (Fsp3) is 0.500. The van der Waals surface area contributed by atoms with Crippen molar-refractivity contribution in [1.82, 2.24) is 5.32 Å². The summed E-state index contributed by atoms with van der Waals surface area (Å²) in [4.78, 5) is 12.2. The van der Waals surface area contributed by atoms with Crippen LogP contribution in [-0.2, 0) is 4.74 Å². The van der Waals surface area contributed by atoms with Crippen LogP contribution in [0.15, 0.2) is 16.6 Å². The molecule has 110 valence electrons. The van der Waals surface area contributed by atoms with Crippen LogP contribution in [0.1, 0.15) is 23.7 Å². The molecule has 1 aromatic carbocycles. The number of ether oxygens (including phenoxy) is 3. The average molecular weight is 344 g/mol. The minimum Gasteiger partial charge on any atom is -0.486 e. The van der Waals surface area contributed by atoms with Crippen LogP contribution in [0.3, 0.4) is 0 Å². The Kier molecular flexibility index (Phi) is 5.25. The first kappa shape index (κ1) is 15.1. The normalized spacial score (nSPS) is 14.8. The van der Waals surface area contributed by atoms with Gasteiger partial charge in [0.25, 0.3) is 5.91 Å². The molecule has 2 rings (SSSR count). The van der Waals surface area contributed by atoms with Crippen LogP contribution in [0, 0.1) is 0 Å². The smallest absolute Gasteiger partial charge is 0.251 e. The Balaban J connectivity index is 2.16. The van der Waals surface area contributed by atoms with Crippen LogP contribution in [0.25, 0.3) is 0 Å². The number of benzene rings is 1. The topological polar surface area (TPSA) is 56.8 Å². The van der Waals surface area contributed by atoms with Gasteiger partial charge in [0, 0.05) is 12.7 Å². The third-order valence-electron chi connectivity index (χ3n) is 3.05. The SMILES string of the molecule is CCC(COC)NC(=O)c1cc(Br)c2c(c1)OCCO2. The maximum absolute atomic E-state index is 12.2. The minimum absolute atomic E-state index is 0.000485. The number of carbonyl (C=O) groups excluding carboxylic acids is 1. The van der Waals surface area contributed by atoms with E-state index in [9.17, 15) is 4.79 Å². The summed E-state index contributed by atoms with van der Waals surface area (Å²) in [6, 6.07) is 3.44. The number of nitrogens with one attached hydrogen (secondary N) is 1. The Morgan fingerprint density at radius 2 is 2.20 bits per heavy atom. The van der Waals surface area contributed by atoms with E-state index in [0.717, 1.165) is 10.9 Å². The highest BCUT2D eigenvalue weighted by Crippen LogP contribution is 2.38. The predicted molar refractivity (Wildman–Crippen MR) is 78.6 cm³/mol. The van der Waals surface area contributed by atoms with Gasteiger partial charge in [-0.25, -0.2) is 0 Å².